The van der Waals surface area contributed by atoms with E-state index in [9.17, 15) is 13.2 Å². The lowest BCUT2D eigenvalue weighted by Crippen LogP contribution is -2.08. The van der Waals surface area contributed by atoms with Crippen molar-refractivity contribution < 1.29 is 13.2 Å². The van der Waals surface area contributed by atoms with Crippen molar-refractivity contribution in [3.63, 3.8) is 0 Å². The monoisotopic (exact) mass is 288 g/mol. The van der Waals surface area contributed by atoms with E-state index in [1.54, 1.807) is 12.1 Å². The SMILES string of the molecule is C#Cc1ccc(-c2cccc(C(C)C)c2)cc1C(F)(F)F. The lowest BCUT2D eigenvalue weighted by Gasteiger charge is -2.13. The Labute approximate surface area is 122 Å². The number of benzene rings is 2. The molecule has 0 N–H and O–H groups in total. The molecule has 0 atom stereocenters. The summed E-state index contributed by atoms with van der Waals surface area (Å²) < 4.78 is 39.1. The first-order chi connectivity index (χ1) is 9.82. The number of alkyl halides is 3. The standard InChI is InChI=1S/C18H15F3/c1-4-13-8-9-16(11-17(13)18(19,20)21)15-7-5-6-14(10-15)12(2)3/h1,5-12H,2-3H3. The zero-order chi connectivity index (χ0) is 15.6. The summed E-state index contributed by atoms with van der Waals surface area (Å²) >= 11 is 0. The third-order valence-corrected chi connectivity index (χ3v) is 3.37. The highest BCUT2D eigenvalue weighted by molar-refractivity contribution is 5.67. The Balaban J connectivity index is 2.56. The second-order valence-electron chi connectivity index (χ2n) is 5.18. The topological polar surface area (TPSA) is 0 Å². The van der Waals surface area contributed by atoms with Crippen molar-refractivity contribution in [2.45, 2.75) is 25.9 Å². The fraction of sp³-hybridized carbons (Fsp3) is 0.222. The van der Waals surface area contributed by atoms with E-state index in [1.807, 2.05) is 32.0 Å². The van der Waals surface area contributed by atoms with Crippen LogP contribution in [0, 0.1) is 12.3 Å². The molecule has 0 nitrogen and oxygen atoms in total. The van der Waals surface area contributed by atoms with E-state index in [-0.39, 0.29) is 5.56 Å². The molecule has 0 radical (unpaired) electrons. The summed E-state index contributed by atoms with van der Waals surface area (Å²) in [6.45, 7) is 4.09. The van der Waals surface area contributed by atoms with Crippen molar-refractivity contribution in [1.29, 1.82) is 0 Å². The van der Waals surface area contributed by atoms with Crippen LogP contribution >= 0.6 is 0 Å². The van der Waals surface area contributed by atoms with Gasteiger partial charge in [0.25, 0.3) is 0 Å². The highest BCUT2D eigenvalue weighted by Crippen LogP contribution is 2.35. The molecule has 0 saturated heterocycles. The van der Waals surface area contributed by atoms with Crippen LogP contribution in [0.1, 0.15) is 36.5 Å². The molecule has 0 fully saturated rings. The molecule has 0 aliphatic heterocycles. The second kappa shape index (κ2) is 5.65. The molecule has 0 saturated carbocycles. The molecule has 2 aromatic rings. The van der Waals surface area contributed by atoms with E-state index in [0.717, 1.165) is 17.2 Å². The fourth-order valence-electron chi connectivity index (χ4n) is 2.16. The van der Waals surface area contributed by atoms with Gasteiger partial charge < -0.3 is 0 Å². The summed E-state index contributed by atoms with van der Waals surface area (Å²) in [6, 6.07) is 11.6. The van der Waals surface area contributed by atoms with E-state index in [1.165, 1.54) is 6.07 Å². The van der Waals surface area contributed by atoms with Gasteiger partial charge in [-0.3, -0.25) is 0 Å². The van der Waals surface area contributed by atoms with Crippen molar-refractivity contribution >= 4 is 0 Å². The molecule has 0 heterocycles. The van der Waals surface area contributed by atoms with Gasteiger partial charge in [0.15, 0.2) is 0 Å². The molecule has 2 aromatic carbocycles. The number of rotatable bonds is 2. The molecule has 0 aliphatic carbocycles. The highest BCUT2D eigenvalue weighted by atomic mass is 19.4. The summed E-state index contributed by atoms with van der Waals surface area (Å²) in [7, 11) is 0. The number of hydrogen-bond donors (Lipinski definition) is 0. The lowest BCUT2D eigenvalue weighted by molar-refractivity contribution is -0.137. The van der Waals surface area contributed by atoms with Gasteiger partial charge in [-0.1, -0.05) is 50.1 Å². The van der Waals surface area contributed by atoms with E-state index in [2.05, 4.69) is 5.92 Å². The Kier molecular flexibility index (Phi) is 4.09. The van der Waals surface area contributed by atoms with E-state index in [4.69, 9.17) is 6.42 Å². The third-order valence-electron chi connectivity index (χ3n) is 3.37. The fourth-order valence-corrected chi connectivity index (χ4v) is 2.16. The van der Waals surface area contributed by atoms with Gasteiger partial charge in [0.2, 0.25) is 0 Å². The lowest BCUT2D eigenvalue weighted by atomic mass is 9.95. The number of hydrogen-bond acceptors (Lipinski definition) is 0. The van der Waals surface area contributed by atoms with E-state index in [0.29, 0.717) is 11.5 Å². The van der Waals surface area contributed by atoms with Crippen molar-refractivity contribution in [3.05, 3.63) is 59.2 Å². The Bertz CT molecular complexity index is 688. The molecule has 0 bridgehead atoms. The molecular weight excluding hydrogens is 273 g/mol. The van der Waals surface area contributed by atoms with Gasteiger partial charge in [0, 0.05) is 5.56 Å². The summed E-state index contributed by atoms with van der Waals surface area (Å²) in [5.41, 5.74) is 1.46. The molecule has 108 valence electrons. The first-order valence-electron chi connectivity index (χ1n) is 6.61. The minimum absolute atomic E-state index is 0.133. The van der Waals surface area contributed by atoms with Gasteiger partial charge >= 0.3 is 6.18 Å². The number of halogens is 3. The van der Waals surface area contributed by atoms with E-state index >= 15 is 0 Å². The van der Waals surface area contributed by atoms with Crippen LogP contribution in [0.25, 0.3) is 11.1 Å². The summed E-state index contributed by atoms with van der Waals surface area (Å²) in [5.74, 6) is 2.41. The van der Waals surface area contributed by atoms with Crippen LogP contribution in [0.3, 0.4) is 0 Å². The molecule has 0 unspecified atom stereocenters. The Morgan fingerprint density at radius 3 is 2.24 bits per heavy atom. The van der Waals surface area contributed by atoms with Crippen LogP contribution in [-0.4, -0.2) is 0 Å². The van der Waals surface area contributed by atoms with Gasteiger partial charge in [-0.2, -0.15) is 13.2 Å². The Morgan fingerprint density at radius 1 is 1.00 bits per heavy atom. The van der Waals surface area contributed by atoms with Crippen molar-refractivity contribution in [2.75, 3.05) is 0 Å². The molecule has 2 rings (SSSR count). The van der Waals surface area contributed by atoms with Crippen LogP contribution in [0.15, 0.2) is 42.5 Å². The summed E-state index contributed by atoms with van der Waals surface area (Å²) in [5, 5.41) is 0. The molecule has 0 aromatic heterocycles. The predicted octanol–water partition coefficient (Wildman–Crippen LogP) is 5.48. The minimum Gasteiger partial charge on any atom is -0.166 e. The van der Waals surface area contributed by atoms with Crippen molar-refractivity contribution in [2.24, 2.45) is 0 Å². The van der Waals surface area contributed by atoms with Crippen LogP contribution in [0.5, 0.6) is 0 Å². The average Bonchev–Trinajstić information content (AvgIpc) is 2.45. The zero-order valence-corrected chi connectivity index (χ0v) is 11.8. The molecule has 21 heavy (non-hydrogen) atoms. The summed E-state index contributed by atoms with van der Waals surface area (Å²) in [6.07, 6.45) is 0.699. The van der Waals surface area contributed by atoms with Gasteiger partial charge in [0.1, 0.15) is 0 Å². The Morgan fingerprint density at radius 2 is 1.67 bits per heavy atom. The quantitative estimate of drug-likeness (QED) is 0.642. The Hall–Kier alpha value is -2.21. The zero-order valence-electron chi connectivity index (χ0n) is 11.8. The maximum Gasteiger partial charge on any atom is 0.417 e. The smallest absolute Gasteiger partial charge is 0.166 e. The third kappa shape index (κ3) is 3.28. The first-order valence-corrected chi connectivity index (χ1v) is 6.61. The average molecular weight is 288 g/mol. The van der Waals surface area contributed by atoms with Gasteiger partial charge in [0.05, 0.1) is 5.56 Å². The molecule has 0 aliphatic rings. The minimum atomic E-state index is -4.45. The van der Waals surface area contributed by atoms with Gasteiger partial charge in [-0.05, 0) is 34.7 Å². The molecule has 0 spiro atoms. The second-order valence-corrected chi connectivity index (χ2v) is 5.18. The van der Waals surface area contributed by atoms with Crippen molar-refractivity contribution in [1.82, 2.24) is 0 Å². The molecule has 0 amide bonds. The van der Waals surface area contributed by atoms with E-state index < -0.39 is 11.7 Å². The maximum atomic E-state index is 13.0. The van der Waals surface area contributed by atoms with Crippen molar-refractivity contribution in [3.8, 4) is 23.5 Å². The van der Waals surface area contributed by atoms with Crippen LogP contribution in [-0.2, 0) is 6.18 Å². The molecular formula is C18H15F3. The number of terminal acetylenes is 1. The van der Waals surface area contributed by atoms with Crippen LogP contribution in [0.2, 0.25) is 0 Å². The highest BCUT2D eigenvalue weighted by Gasteiger charge is 2.33. The largest absolute Gasteiger partial charge is 0.417 e. The summed E-state index contributed by atoms with van der Waals surface area (Å²) in [4.78, 5) is 0. The van der Waals surface area contributed by atoms with Crippen LogP contribution in [0.4, 0.5) is 13.2 Å². The predicted molar refractivity (Wildman–Crippen MR) is 78.9 cm³/mol. The van der Waals surface area contributed by atoms with Gasteiger partial charge in [-0.15, -0.1) is 6.42 Å². The van der Waals surface area contributed by atoms with Crippen LogP contribution < -0.4 is 0 Å². The van der Waals surface area contributed by atoms with Gasteiger partial charge in [-0.25, -0.2) is 0 Å². The first kappa shape index (κ1) is 15.2. The normalized spacial score (nSPS) is 11.5. The maximum absolute atomic E-state index is 13.0. The molecule has 3 heteroatoms.